The minimum atomic E-state index is 0.614. The molecule has 3 heterocycles. The molecule has 0 saturated heterocycles. The van der Waals surface area contributed by atoms with E-state index < -0.39 is 0 Å². The van der Waals surface area contributed by atoms with E-state index >= 15 is 0 Å². The third-order valence-electron chi connectivity index (χ3n) is 3.58. The lowest BCUT2D eigenvalue weighted by Crippen LogP contribution is -1.92. The molecule has 0 radical (unpaired) electrons. The van der Waals surface area contributed by atoms with Gasteiger partial charge in [-0.2, -0.15) is 5.26 Å². The molecule has 0 saturated carbocycles. The van der Waals surface area contributed by atoms with Crippen LogP contribution in [0, 0.1) is 11.3 Å². The Kier molecular flexibility index (Phi) is 2.80. The largest absolute Gasteiger partial charge is 0.341 e. The second-order valence-corrected chi connectivity index (χ2v) is 5.04. The third kappa shape index (κ3) is 2.07. The molecule has 5 heteroatoms. The van der Waals surface area contributed by atoms with E-state index in [1.807, 2.05) is 30.3 Å². The average Bonchev–Trinajstić information content (AvgIpc) is 2.98. The van der Waals surface area contributed by atoms with Crippen molar-refractivity contribution in [2.75, 3.05) is 0 Å². The number of imidazole rings is 1. The molecule has 0 unspecified atom stereocenters. The van der Waals surface area contributed by atoms with E-state index in [9.17, 15) is 0 Å². The number of aromatic amines is 1. The molecule has 0 fully saturated rings. The van der Waals surface area contributed by atoms with Crippen LogP contribution in [-0.2, 0) is 6.42 Å². The zero-order valence-electron chi connectivity index (χ0n) is 11.6. The van der Waals surface area contributed by atoms with Crippen molar-refractivity contribution >= 4 is 21.9 Å². The van der Waals surface area contributed by atoms with E-state index in [1.165, 1.54) is 0 Å². The van der Waals surface area contributed by atoms with Crippen molar-refractivity contribution in [3.8, 4) is 6.07 Å². The van der Waals surface area contributed by atoms with Gasteiger partial charge in [-0.05, 0) is 30.3 Å². The summed E-state index contributed by atoms with van der Waals surface area (Å²) < 4.78 is 0. The summed E-state index contributed by atoms with van der Waals surface area (Å²) in [4.78, 5) is 16.6. The smallest absolute Gasteiger partial charge is 0.113 e. The van der Waals surface area contributed by atoms with Crippen molar-refractivity contribution in [3.63, 3.8) is 0 Å². The monoisotopic (exact) mass is 285 g/mol. The Morgan fingerprint density at radius 1 is 1.09 bits per heavy atom. The van der Waals surface area contributed by atoms with Crippen LogP contribution in [0.25, 0.3) is 21.9 Å². The van der Waals surface area contributed by atoms with Crippen LogP contribution in [0.4, 0.5) is 0 Å². The van der Waals surface area contributed by atoms with Gasteiger partial charge in [0.1, 0.15) is 11.3 Å². The second-order valence-electron chi connectivity index (χ2n) is 5.04. The van der Waals surface area contributed by atoms with Gasteiger partial charge in [0.05, 0.1) is 28.9 Å². The molecule has 4 aromatic rings. The standard InChI is InChI=1S/C17H11N5/c18-9-11-4-5-14-13(7-11)17-15(10-20-14)21-16(22-17)8-12-3-1-2-6-19-12/h1-7,10H,8H2,(H,21,22). The van der Waals surface area contributed by atoms with Crippen LogP contribution in [0.3, 0.4) is 0 Å². The molecule has 0 aliphatic heterocycles. The van der Waals surface area contributed by atoms with E-state index in [4.69, 9.17) is 5.26 Å². The van der Waals surface area contributed by atoms with E-state index in [1.54, 1.807) is 18.5 Å². The number of hydrogen-bond donors (Lipinski definition) is 1. The molecular weight excluding hydrogens is 274 g/mol. The molecule has 3 aromatic heterocycles. The van der Waals surface area contributed by atoms with Crippen molar-refractivity contribution < 1.29 is 0 Å². The number of nitriles is 1. The molecule has 1 N–H and O–H groups in total. The van der Waals surface area contributed by atoms with Gasteiger partial charge in [0.2, 0.25) is 0 Å². The molecule has 0 aliphatic carbocycles. The lowest BCUT2D eigenvalue weighted by atomic mass is 10.1. The maximum atomic E-state index is 9.06. The fraction of sp³-hybridized carbons (Fsp3) is 0.0588. The number of benzene rings is 1. The van der Waals surface area contributed by atoms with Crippen LogP contribution in [-0.4, -0.2) is 19.9 Å². The summed E-state index contributed by atoms with van der Waals surface area (Å²) in [6, 6.07) is 13.4. The van der Waals surface area contributed by atoms with Gasteiger partial charge in [-0.15, -0.1) is 0 Å². The van der Waals surface area contributed by atoms with Crippen LogP contribution in [0.15, 0.2) is 48.8 Å². The summed E-state index contributed by atoms with van der Waals surface area (Å²) in [6.45, 7) is 0. The van der Waals surface area contributed by atoms with Crippen molar-refractivity contribution in [2.24, 2.45) is 0 Å². The average molecular weight is 285 g/mol. The highest BCUT2D eigenvalue weighted by molar-refractivity contribution is 6.02. The third-order valence-corrected chi connectivity index (χ3v) is 3.58. The van der Waals surface area contributed by atoms with Crippen LogP contribution in [0.1, 0.15) is 17.1 Å². The first kappa shape index (κ1) is 12.5. The Bertz CT molecular complexity index is 1010. The molecule has 5 nitrogen and oxygen atoms in total. The lowest BCUT2D eigenvalue weighted by Gasteiger charge is -1.98. The molecule has 0 amide bonds. The summed E-state index contributed by atoms with van der Waals surface area (Å²) in [5.41, 5.74) is 4.13. The van der Waals surface area contributed by atoms with Gasteiger partial charge in [-0.3, -0.25) is 9.97 Å². The Labute approximate surface area is 126 Å². The van der Waals surface area contributed by atoms with Gasteiger partial charge < -0.3 is 4.98 Å². The van der Waals surface area contributed by atoms with Crippen LogP contribution >= 0.6 is 0 Å². The number of H-pyrrole nitrogens is 1. The SMILES string of the molecule is N#Cc1ccc2ncc3nc(Cc4ccccn4)[nH]c3c2c1. The topological polar surface area (TPSA) is 78.2 Å². The highest BCUT2D eigenvalue weighted by Crippen LogP contribution is 2.23. The molecular formula is C17H11N5. The molecule has 1 aromatic carbocycles. The maximum Gasteiger partial charge on any atom is 0.113 e. The van der Waals surface area contributed by atoms with Crippen molar-refractivity contribution in [2.45, 2.75) is 6.42 Å². The normalized spacial score (nSPS) is 10.9. The van der Waals surface area contributed by atoms with Gasteiger partial charge in [0.25, 0.3) is 0 Å². The first-order valence-electron chi connectivity index (χ1n) is 6.91. The summed E-state index contributed by atoms with van der Waals surface area (Å²) in [7, 11) is 0. The number of hydrogen-bond acceptors (Lipinski definition) is 4. The van der Waals surface area contributed by atoms with E-state index in [-0.39, 0.29) is 0 Å². The van der Waals surface area contributed by atoms with Gasteiger partial charge >= 0.3 is 0 Å². The number of rotatable bonds is 2. The first-order chi connectivity index (χ1) is 10.8. The molecule has 22 heavy (non-hydrogen) atoms. The second kappa shape index (κ2) is 4.93. The van der Waals surface area contributed by atoms with Crippen LogP contribution < -0.4 is 0 Å². The summed E-state index contributed by atoms with van der Waals surface area (Å²) in [6.07, 6.45) is 4.16. The van der Waals surface area contributed by atoms with E-state index in [2.05, 4.69) is 26.0 Å². The quantitative estimate of drug-likeness (QED) is 0.614. The van der Waals surface area contributed by atoms with Crippen molar-refractivity contribution in [3.05, 3.63) is 65.9 Å². The Morgan fingerprint density at radius 3 is 2.86 bits per heavy atom. The summed E-state index contributed by atoms with van der Waals surface area (Å²) >= 11 is 0. The fourth-order valence-electron chi connectivity index (χ4n) is 2.54. The highest BCUT2D eigenvalue weighted by atomic mass is 14.9. The maximum absolute atomic E-state index is 9.06. The van der Waals surface area contributed by atoms with Crippen LogP contribution in [0.5, 0.6) is 0 Å². The predicted molar refractivity (Wildman–Crippen MR) is 83.2 cm³/mol. The van der Waals surface area contributed by atoms with Gasteiger partial charge in [-0.1, -0.05) is 6.07 Å². The van der Waals surface area contributed by atoms with Crippen LogP contribution in [0.2, 0.25) is 0 Å². The predicted octanol–water partition coefficient (Wildman–Crippen LogP) is 2.97. The lowest BCUT2D eigenvalue weighted by molar-refractivity contribution is 0.985. The molecule has 0 spiro atoms. The molecule has 0 atom stereocenters. The zero-order chi connectivity index (χ0) is 14.9. The van der Waals surface area contributed by atoms with Crippen molar-refractivity contribution in [1.29, 1.82) is 5.26 Å². The first-order valence-corrected chi connectivity index (χ1v) is 6.91. The molecule has 104 valence electrons. The van der Waals surface area contributed by atoms with E-state index in [0.29, 0.717) is 12.0 Å². The minimum absolute atomic E-state index is 0.614. The Balaban J connectivity index is 1.86. The number of pyridine rings is 2. The van der Waals surface area contributed by atoms with E-state index in [0.717, 1.165) is 33.5 Å². The number of aromatic nitrogens is 4. The number of nitrogens with zero attached hydrogens (tertiary/aromatic N) is 4. The Hall–Kier alpha value is -3.26. The summed E-state index contributed by atoms with van der Waals surface area (Å²) in [5, 5.41) is 9.98. The molecule has 0 bridgehead atoms. The minimum Gasteiger partial charge on any atom is -0.341 e. The highest BCUT2D eigenvalue weighted by Gasteiger charge is 2.09. The molecule has 4 rings (SSSR count). The molecule has 0 aliphatic rings. The zero-order valence-corrected chi connectivity index (χ0v) is 11.6. The van der Waals surface area contributed by atoms with Gasteiger partial charge in [0, 0.05) is 23.7 Å². The fourth-order valence-corrected chi connectivity index (χ4v) is 2.54. The number of fused-ring (bicyclic) bond motifs is 3. The van der Waals surface area contributed by atoms with Gasteiger partial charge in [0.15, 0.2) is 0 Å². The Morgan fingerprint density at radius 2 is 2.05 bits per heavy atom. The summed E-state index contributed by atoms with van der Waals surface area (Å²) in [5.74, 6) is 0.838. The van der Waals surface area contributed by atoms with Gasteiger partial charge in [-0.25, -0.2) is 4.98 Å². The number of nitrogens with one attached hydrogen (secondary N) is 1. The van der Waals surface area contributed by atoms with Crippen molar-refractivity contribution in [1.82, 2.24) is 19.9 Å².